The minimum atomic E-state index is -0.709. The largest absolute Gasteiger partial charge is 0.361 e. The van der Waals surface area contributed by atoms with Crippen LogP contribution in [0.2, 0.25) is 0 Å². The van der Waals surface area contributed by atoms with Crippen molar-refractivity contribution >= 4 is 28.8 Å². The Kier molecular flexibility index (Phi) is 8.20. The fourth-order valence-corrected chi connectivity index (χ4v) is 8.36. The van der Waals surface area contributed by atoms with Gasteiger partial charge in [-0.15, -0.1) is 0 Å². The van der Waals surface area contributed by atoms with E-state index in [9.17, 15) is 5.26 Å². The minimum absolute atomic E-state index is 0.0184. The molecular formula is C46H35N3S. The molecule has 5 aromatic rings. The average molecular weight is 662 g/mol. The van der Waals surface area contributed by atoms with Crippen molar-refractivity contribution in [2.75, 3.05) is 0 Å². The average Bonchev–Trinajstić information content (AvgIpc) is 3.27. The Morgan fingerprint density at radius 1 is 0.760 bits per heavy atom. The van der Waals surface area contributed by atoms with Gasteiger partial charge >= 0.3 is 0 Å². The van der Waals surface area contributed by atoms with Gasteiger partial charge in [-0.3, -0.25) is 4.31 Å². The molecule has 5 aromatic carbocycles. The number of nitriles is 1. The predicted octanol–water partition coefficient (Wildman–Crippen LogP) is 10.5. The number of benzene rings is 5. The Balaban J connectivity index is 1.19. The van der Waals surface area contributed by atoms with Crippen LogP contribution in [0.4, 0.5) is 0 Å². The van der Waals surface area contributed by atoms with Crippen LogP contribution in [0.5, 0.6) is 0 Å². The highest BCUT2D eigenvalue weighted by molar-refractivity contribution is 7.97. The number of fused-ring (bicyclic) bond motifs is 3. The molecule has 0 amide bonds. The topological polar surface area (TPSA) is 39.1 Å². The van der Waals surface area contributed by atoms with Crippen molar-refractivity contribution in [1.82, 2.24) is 9.62 Å². The molecular weight excluding hydrogens is 627 g/mol. The number of nitrogens with zero attached hydrogens (tertiary/aromatic N) is 2. The summed E-state index contributed by atoms with van der Waals surface area (Å²) in [5, 5.41) is 13.6. The molecule has 4 heteroatoms. The lowest BCUT2D eigenvalue weighted by molar-refractivity contribution is 0.484. The first-order chi connectivity index (χ1) is 24.5. The van der Waals surface area contributed by atoms with Gasteiger partial charge in [-0.05, 0) is 98.8 Å². The van der Waals surface area contributed by atoms with E-state index in [1.165, 1.54) is 10.5 Å². The van der Waals surface area contributed by atoms with Gasteiger partial charge in [0.15, 0.2) is 0 Å². The van der Waals surface area contributed by atoms with Crippen LogP contribution in [0.25, 0.3) is 16.8 Å². The summed E-state index contributed by atoms with van der Waals surface area (Å²) in [7, 11) is 0. The van der Waals surface area contributed by atoms with Gasteiger partial charge in [0, 0.05) is 22.4 Å². The van der Waals surface area contributed by atoms with Gasteiger partial charge in [-0.25, -0.2) is 0 Å². The van der Waals surface area contributed by atoms with Gasteiger partial charge in [0.05, 0.1) is 17.0 Å². The molecule has 0 fully saturated rings. The number of rotatable bonds is 4. The fraction of sp³-hybridized carbons (Fsp3) is 0.0652. The van der Waals surface area contributed by atoms with Crippen LogP contribution >= 0.6 is 11.9 Å². The van der Waals surface area contributed by atoms with Crippen LogP contribution in [0.15, 0.2) is 188 Å². The molecule has 240 valence electrons. The number of hydrogen-bond acceptors (Lipinski definition) is 4. The normalized spacial score (nSPS) is 19.3. The zero-order valence-electron chi connectivity index (χ0n) is 27.6. The van der Waals surface area contributed by atoms with Crippen LogP contribution in [-0.4, -0.2) is 10.5 Å². The summed E-state index contributed by atoms with van der Waals surface area (Å²) in [5.74, 6) is 0. The lowest BCUT2D eigenvalue weighted by atomic mass is 9.63. The molecule has 3 nitrogen and oxygen atoms in total. The molecule has 1 N–H and O–H groups in total. The van der Waals surface area contributed by atoms with Crippen LogP contribution in [0, 0.1) is 11.3 Å². The van der Waals surface area contributed by atoms with Crippen LogP contribution in [0.1, 0.15) is 44.5 Å². The third-order valence-electron chi connectivity index (χ3n) is 9.81. The summed E-state index contributed by atoms with van der Waals surface area (Å²) in [5.41, 5.74) is 11.9. The first-order valence-corrected chi connectivity index (χ1v) is 17.6. The second kappa shape index (κ2) is 13.1. The first-order valence-electron chi connectivity index (χ1n) is 16.8. The van der Waals surface area contributed by atoms with E-state index in [2.05, 4.69) is 168 Å². The SMILES string of the molecule is C=C1NC2C=C(c3ccc(C4=C/C(=C)C(c5ccccc5)(c5ccccc5)c5cc(C#N)ccc5C/C=C\4)cc3)C=CN2Sc2ccccc21. The monoisotopic (exact) mass is 661 g/mol. The highest BCUT2D eigenvalue weighted by atomic mass is 32.2. The van der Waals surface area contributed by atoms with Crippen molar-refractivity contribution < 1.29 is 0 Å². The smallest absolute Gasteiger partial charge is 0.129 e. The van der Waals surface area contributed by atoms with Crippen LogP contribution in [0.3, 0.4) is 0 Å². The number of allylic oxidation sites excluding steroid dienone is 7. The summed E-state index contributed by atoms with van der Waals surface area (Å²) in [6.07, 6.45) is 14.0. The minimum Gasteiger partial charge on any atom is -0.361 e. The lowest BCUT2D eigenvalue weighted by Gasteiger charge is -2.38. The van der Waals surface area contributed by atoms with E-state index in [4.69, 9.17) is 6.58 Å². The van der Waals surface area contributed by atoms with Gasteiger partial charge < -0.3 is 5.32 Å². The number of nitrogens with one attached hydrogen (secondary N) is 1. The predicted molar refractivity (Wildman–Crippen MR) is 208 cm³/mol. The van der Waals surface area contributed by atoms with Gasteiger partial charge in [0.25, 0.3) is 0 Å². The van der Waals surface area contributed by atoms with Crippen LogP contribution in [-0.2, 0) is 11.8 Å². The summed E-state index contributed by atoms with van der Waals surface area (Å²) in [6, 6.07) is 46.8. The Hall–Kier alpha value is -6.02. The second-order valence-electron chi connectivity index (χ2n) is 12.7. The van der Waals surface area contributed by atoms with Crippen molar-refractivity contribution in [3.05, 3.63) is 227 Å². The third kappa shape index (κ3) is 5.52. The van der Waals surface area contributed by atoms with E-state index in [0.717, 1.165) is 62.2 Å². The van der Waals surface area contributed by atoms with Gasteiger partial charge in [0.2, 0.25) is 0 Å². The highest BCUT2D eigenvalue weighted by Crippen LogP contribution is 2.48. The molecule has 0 saturated heterocycles. The maximum atomic E-state index is 10.0. The molecule has 2 aliphatic heterocycles. The molecule has 8 rings (SSSR count). The van der Waals surface area contributed by atoms with Crippen molar-refractivity contribution in [2.24, 2.45) is 0 Å². The standard InChI is InChI=1S/C46H35N3S/c1-32-28-38(35-22-24-36(25-23-35)39-26-27-49-45(30-39)48-33(2)42-18-9-10-19-44(42)50-49)13-11-12-37-21-20-34(31-47)29-43(37)46(32,40-14-5-3-6-15-40)41-16-7-4-8-17-41/h3-11,13-30,45,48H,1-2,12H2/b13-11-,38-28+. The Morgan fingerprint density at radius 3 is 2.12 bits per heavy atom. The van der Waals surface area contributed by atoms with Crippen molar-refractivity contribution in [2.45, 2.75) is 22.9 Å². The summed E-state index contributed by atoms with van der Waals surface area (Å²) < 4.78 is 2.23. The number of hydrogen-bond donors (Lipinski definition) is 1. The van der Waals surface area contributed by atoms with Gasteiger partial charge in [-0.1, -0.05) is 141 Å². The van der Waals surface area contributed by atoms with Crippen molar-refractivity contribution in [3.63, 3.8) is 0 Å². The molecule has 3 aliphatic rings. The van der Waals surface area contributed by atoms with E-state index in [0.29, 0.717) is 5.56 Å². The molecule has 0 saturated carbocycles. The quantitative estimate of drug-likeness (QED) is 0.195. The zero-order valence-corrected chi connectivity index (χ0v) is 28.4. The van der Waals surface area contributed by atoms with Crippen molar-refractivity contribution in [1.29, 1.82) is 5.26 Å². The van der Waals surface area contributed by atoms with Gasteiger partial charge in [0.1, 0.15) is 6.17 Å². The first kappa shape index (κ1) is 31.3. The molecule has 1 aliphatic carbocycles. The Bertz CT molecular complexity index is 2250. The maximum absolute atomic E-state index is 10.0. The second-order valence-corrected chi connectivity index (χ2v) is 13.8. The Morgan fingerprint density at radius 2 is 1.42 bits per heavy atom. The van der Waals surface area contributed by atoms with E-state index < -0.39 is 5.41 Å². The van der Waals surface area contributed by atoms with Crippen LogP contribution < -0.4 is 5.32 Å². The van der Waals surface area contributed by atoms with E-state index in [1.807, 2.05) is 18.2 Å². The molecule has 2 heterocycles. The molecule has 0 spiro atoms. The summed E-state index contributed by atoms with van der Waals surface area (Å²) in [6.45, 7) is 9.15. The molecule has 0 aromatic heterocycles. The summed E-state index contributed by atoms with van der Waals surface area (Å²) >= 11 is 1.72. The third-order valence-corrected chi connectivity index (χ3v) is 10.9. The zero-order chi connectivity index (χ0) is 34.1. The molecule has 50 heavy (non-hydrogen) atoms. The highest BCUT2D eigenvalue weighted by Gasteiger charge is 2.40. The Labute approximate surface area is 298 Å². The lowest BCUT2D eigenvalue weighted by Crippen LogP contribution is -2.36. The maximum Gasteiger partial charge on any atom is 0.129 e. The van der Waals surface area contributed by atoms with E-state index >= 15 is 0 Å². The van der Waals surface area contributed by atoms with Crippen molar-refractivity contribution in [3.8, 4) is 6.07 Å². The molecule has 0 bridgehead atoms. The molecule has 1 unspecified atom stereocenters. The van der Waals surface area contributed by atoms with E-state index in [-0.39, 0.29) is 6.17 Å². The van der Waals surface area contributed by atoms with Gasteiger partial charge in [-0.2, -0.15) is 5.26 Å². The summed E-state index contributed by atoms with van der Waals surface area (Å²) in [4.78, 5) is 1.19. The fourth-order valence-electron chi connectivity index (χ4n) is 7.36. The molecule has 0 radical (unpaired) electrons. The van der Waals surface area contributed by atoms with E-state index in [1.54, 1.807) is 11.9 Å². The molecule has 1 atom stereocenters.